The van der Waals surface area contributed by atoms with Gasteiger partial charge in [0.25, 0.3) is 0 Å². The molecule has 1 unspecified atom stereocenters. The van der Waals surface area contributed by atoms with E-state index in [1.807, 2.05) is 35.8 Å². The zero-order chi connectivity index (χ0) is 17.1. The molecular weight excluding hydrogens is 306 g/mol. The molecule has 1 aromatic heterocycles. The molecule has 1 atom stereocenters. The summed E-state index contributed by atoms with van der Waals surface area (Å²) in [5.41, 5.74) is 0. The molecule has 0 bridgehead atoms. The summed E-state index contributed by atoms with van der Waals surface area (Å²) in [7, 11) is 0. The number of rotatable bonds is 4. The highest BCUT2D eigenvalue weighted by atomic mass is 16.2. The van der Waals surface area contributed by atoms with Crippen LogP contribution in [0.3, 0.4) is 0 Å². The lowest BCUT2D eigenvalue weighted by Crippen LogP contribution is -2.45. The standard InChI is InChI=1S/C17H25N5O2/c1-12(2)22-11-13(10-16(22)23)17(24)21-8-5-14(6-9-21)19-15-4-3-7-18-20-15/h3-4,7,12-14H,5-6,8-11H2,1-2H3,(H,19,20). The summed E-state index contributed by atoms with van der Waals surface area (Å²) < 4.78 is 0. The van der Waals surface area contributed by atoms with Crippen molar-refractivity contribution in [1.82, 2.24) is 20.0 Å². The van der Waals surface area contributed by atoms with Crippen molar-refractivity contribution in [3.63, 3.8) is 0 Å². The summed E-state index contributed by atoms with van der Waals surface area (Å²) in [4.78, 5) is 28.4. The molecule has 3 heterocycles. The molecule has 0 spiro atoms. The van der Waals surface area contributed by atoms with Crippen molar-refractivity contribution in [3.05, 3.63) is 18.3 Å². The molecule has 1 N–H and O–H groups in total. The summed E-state index contributed by atoms with van der Waals surface area (Å²) >= 11 is 0. The van der Waals surface area contributed by atoms with Gasteiger partial charge >= 0.3 is 0 Å². The van der Waals surface area contributed by atoms with E-state index in [2.05, 4.69) is 15.5 Å². The molecule has 2 fully saturated rings. The predicted octanol–water partition coefficient (Wildman–Crippen LogP) is 1.14. The van der Waals surface area contributed by atoms with Gasteiger partial charge in [-0.05, 0) is 38.8 Å². The third-order valence-electron chi connectivity index (χ3n) is 4.86. The molecular formula is C17H25N5O2. The van der Waals surface area contributed by atoms with Gasteiger partial charge in [0.15, 0.2) is 0 Å². The first-order valence-corrected chi connectivity index (χ1v) is 8.67. The topological polar surface area (TPSA) is 78.4 Å². The molecule has 24 heavy (non-hydrogen) atoms. The fraction of sp³-hybridized carbons (Fsp3) is 0.647. The lowest BCUT2D eigenvalue weighted by Gasteiger charge is -2.34. The lowest BCUT2D eigenvalue weighted by molar-refractivity contribution is -0.136. The Morgan fingerprint density at radius 3 is 2.67 bits per heavy atom. The second-order valence-electron chi connectivity index (χ2n) is 6.89. The smallest absolute Gasteiger partial charge is 0.227 e. The molecule has 0 aromatic carbocycles. The SMILES string of the molecule is CC(C)N1CC(C(=O)N2CCC(Nc3cccnn3)CC2)CC1=O. The molecule has 2 aliphatic heterocycles. The van der Waals surface area contributed by atoms with Crippen LogP contribution in [0.5, 0.6) is 0 Å². The highest BCUT2D eigenvalue weighted by Gasteiger charge is 2.38. The molecule has 3 rings (SSSR count). The van der Waals surface area contributed by atoms with Gasteiger partial charge in [-0.25, -0.2) is 0 Å². The van der Waals surface area contributed by atoms with Gasteiger partial charge in [0.1, 0.15) is 5.82 Å². The van der Waals surface area contributed by atoms with Crippen LogP contribution in [-0.2, 0) is 9.59 Å². The van der Waals surface area contributed by atoms with Gasteiger partial charge in [-0.15, -0.1) is 5.10 Å². The molecule has 7 heteroatoms. The number of carbonyl (C=O) groups excluding carboxylic acids is 2. The van der Waals surface area contributed by atoms with Crippen LogP contribution in [0.2, 0.25) is 0 Å². The number of hydrogen-bond donors (Lipinski definition) is 1. The van der Waals surface area contributed by atoms with Gasteiger partial charge in [0.05, 0.1) is 5.92 Å². The van der Waals surface area contributed by atoms with Gasteiger partial charge < -0.3 is 15.1 Å². The highest BCUT2D eigenvalue weighted by Crippen LogP contribution is 2.24. The van der Waals surface area contributed by atoms with Crippen molar-refractivity contribution in [1.29, 1.82) is 0 Å². The van der Waals surface area contributed by atoms with Crippen LogP contribution < -0.4 is 5.32 Å². The van der Waals surface area contributed by atoms with Crippen LogP contribution in [0.1, 0.15) is 33.1 Å². The molecule has 1 aromatic rings. The largest absolute Gasteiger partial charge is 0.366 e. The Morgan fingerprint density at radius 2 is 2.08 bits per heavy atom. The number of nitrogens with one attached hydrogen (secondary N) is 1. The van der Waals surface area contributed by atoms with Crippen molar-refractivity contribution in [2.45, 2.75) is 45.2 Å². The second-order valence-corrected chi connectivity index (χ2v) is 6.89. The summed E-state index contributed by atoms with van der Waals surface area (Å²) in [5, 5.41) is 11.3. The first kappa shape index (κ1) is 16.7. The van der Waals surface area contributed by atoms with Crippen molar-refractivity contribution in [2.24, 2.45) is 5.92 Å². The predicted molar refractivity (Wildman–Crippen MR) is 90.2 cm³/mol. The Kier molecular flexibility index (Phi) is 4.97. The first-order valence-electron chi connectivity index (χ1n) is 8.67. The maximum absolute atomic E-state index is 12.7. The molecule has 0 aliphatic carbocycles. The van der Waals surface area contributed by atoms with Crippen molar-refractivity contribution in [3.8, 4) is 0 Å². The lowest BCUT2D eigenvalue weighted by atomic mass is 10.0. The van der Waals surface area contributed by atoms with Crippen LogP contribution in [0.25, 0.3) is 0 Å². The monoisotopic (exact) mass is 331 g/mol. The molecule has 0 radical (unpaired) electrons. The van der Waals surface area contributed by atoms with Gasteiger partial charge in [0, 0.05) is 44.3 Å². The Labute approximate surface area is 142 Å². The van der Waals surface area contributed by atoms with E-state index < -0.39 is 0 Å². The van der Waals surface area contributed by atoms with Crippen molar-refractivity contribution >= 4 is 17.6 Å². The third kappa shape index (κ3) is 3.66. The van der Waals surface area contributed by atoms with Gasteiger partial charge in [-0.3, -0.25) is 9.59 Å². The van der Waals surface area contributed by atoms with Gasteiger partial charge in [-0.1, -0.05) is 0 Å². The average Bonchev–Trinajstić information content (AvgIpc) is 2.98. The van der Waals surface area contributed by atoms with Crippen LogP contribution >= 0.6 is 0 Å². The normalized spacial score (nSPS) is 22.3. The fourth-order valence-corrected chi connectivity index (χ4v) is 3.49. The summed E-state index contributed by atoms with van der Waals surface area (Å²) in [6.45, 7) is 6.00. The first-order chi connectivity index (χ1) is 11.5. The van der Waals surface area contributed by atoms with E-state index in [4.69, 9.17) is 0 Å². The Bertz CT molecular complexity index is 584. The van der Waals surface area contributed by atoms with E-state index in [-0.39, 0.29) is 23.8 Å². The van der Waals surface area contributed by atoms with Crippen LogP contribution in [0.15, 0.2) is 18.3 Å². The minimum absolute atomic E-state index is 0.0996. The molecule has 2 aliphatic rings. The minimum atomic E-state index is -0.176. The summed E-state index contributed by atoms with van der Waals surface area (Å²) in [6, 6.07) is 4.22. The number of piperidine rings is 1. The molecule has 2 saturated heterocycles. The number of likely N-dealkylation sites (tertiary alicyclic amines) is 2. The molecule has 0 saturated carbocycles. The average molecular weight is 331 g/mol. The minimum Gasteiger partial charge on any atom is -0.366 e. The fourth-order valence-electron chi connectivity index (χ4n) is 3.49. The number of carbonyl (C=O) groups is 2. The second kappa shape index (κ2) is 7.15. The van der Waals surface area contributed by atoms with E-state index >= 15 is 0 Å². The Balaban J connectivity index is 1.50. The van der Waals surface area contributed by atoms with Gasteiger partial charge in [-0.2, -0.15) is 5.10 Å². The number of anilines is 1. The molecule has 7 nitrogen and oxygen atoms in total. The maximum Gasteiger partial charge on any atom is 0.227 e. The quantitative estimate of drug-likeness (QED) is 0.895. The molecule has 2 amide bonds. The van der Waals surface area contributed by atoms with Crippen molar-refractivity contribution in [2.75, 3.05) is 25.0 Å². The summed E-state index contributed by atoms with van der Waals surface area (Å²) in [6.07, 6.45) is 3.78. The molecule has 130 valence electrons. The van der Waals surface area contributed by atoms with E-state index in [0.717, 1.165) is 31.7 Å². The Morgan fingerprint density at radius 1 is 1.33 bits per heavy atom. The van der Waals surface area contributed by atoms with Crippen LogP contribution in [-0.4, -0.2) is 63.5 Å². The Hall–Kier alpha value is -2.18. The highest BCUT2D eigenvalue weighted by molar-refractivity contribution is 5.89. The zero-order valence-corrected chi connectivity index (χ0v) is 14.3. The van der Waals surface area contributed by atoms with Crippen LogP contribution in [0, 0.1) is 5.92 Å². The van der Waals surface area contributed by atoms with E-state index in [0.29, 0.717) is 19.0 Å². The number of nitrogens with zero attached hydrogens (tertiary/aromatic N) is 4. The summed E-state index contributed by atoms with van der Waals surface area (Å²) in [5.74, 6) is 0.827. The van der Waals surface area contributed by atoms with Crippen LogP contribution in [0.4, 0.5) is 5.82 Å². The van der Waals surface area contributed by atoms with E-state index in [9.17, 15) is 9.59 Å². The van der Waals surface area contributed by atoms with E-state index in [1.54, 1.807) is 6.20 Å². The van der Waals surface area contributed by atoms with Crippen molar-refractivity contribution < 1.29 is 9.59 Å². The zero-order valence-electron chi connectivity index (χ0n) is 14.3. The third-order valence-corrected chi connectivity index (χ3v) is 4.86. The number of amides is 2. The van der Waals surface area contributed by atoms with E-state index in [1.165, 1.54) is 0 Å². The maximum atomic E-state index is 12.7. The number of hydrogen-bond acceptors (Lipinski definition) is 5. The van der Waals surface area contributed by atoms with Gasteiger partial charge in [0.2, 0.25) is 11.8 Å². The number of aromatic nitrogens is 2.